The minimum atomic E-state index is -1.61. The van der Waals surface area contributed by atoms with Crippen LogP contribution in [0.4, 0.5) is 4.39 Å². The largest absolute Gasteiger partial charge is 0.393 e. The van der Waals surface area contributed by atoms with E-state index in [4.69, 9.17) is 0 Å². The summed E-state index contributed by atoms with van der Waals surface area (Å²) in [7, 11) is 0. The van der Waals surface area contributed by atoms with Gasteiger partial charge in [0.1, 0.15) is 10.4 Å². The molecular weight excluding hydrogens is 279 g/mol. The molecule has 2 aliphatic carbocycles. The highest BCUT2D eigenvalue weighted by molar-refractivity contribution is 8.16. The third-order valence-corrected chi connectivity index (χ3v) is 6.63. The Bertz CT molecular complexity index is 474. The number of halogens is 1. The van der Waals surface area contributed by atoms with Gasteiger partial charge in [0.05, 0.1) is 12.1 Å². The molecule has 2 N–H and O–H groups in total. The maximum absolute atomic E-state index is 14.2. The van der Waals surface area contributed by atoms with E-state index in [1.165, 1.54) is 25.6 Å². The van der Waals surface area contributed by atoms with Crippen LogP contribution >= 0.6 is 11.8 Å². The van der Waals surface area contributed by atoms with E-state index in [0.717, 1.165) is 19.3 Å². The second-order valence-electron chi connectivity index (χ2n) is 6.86. The van der Waals surface area contributed by atoms with Crippen LogP contribution in [0.3, 0.4) is 0 Å². The Hall–Kier alpha value is -0.620. The molecule has 112 valence electrons. The zero-order valence-corrected chi connectivity index (χ0v) is 12.8. The quantitative estimate of drug-likeness (QED) is 0.818. The summed E-state index contributed by atoms with van der Waals surface area (Å²) in [5.74, 6) is 0.447. The van der Waals surface area contributed by atoms with E-state index < -0.39 is 10.4 Å². The number of thioether (sulfide) groups is 1. The van der Waals surface area contributed by atoms with E-state index in [9.17, 15) is 14.3 Å². The summed E-state index contributed by atoms with van der Waals surface area (Å²) in [5, 5.41) is 13.0. The van der Waals surface area contributed by atoms with Crippen molar-refractivity contribution in [1.82, 2.24) is 5.32 Å². The normalized spacial score (nSPS) is 46.2. The number of amidine groups is 1. The predicted molar refractivity (Wildman–Crippen MR) is 77.4 cm³/mol. The van der Waals surface area contributed by atoms with Crippen LogP contribution in [0.25, 0.3) is 0 Å². The molecule has 1 amide bonds. The Morgan fingerprint density at radius 2 is 2.10 bits per heavy atom. The molecule has 1 saturated heterocycles. The molecule has 0 aromatic carbocycles. The van der Waals surface area contributed by atoms with Gasteiger partial charge < -0.3 is 10.4 Å². The van der Waals surface area contributed by atoms with Crippen LogP contribution in [-0.4, -0.2) is 38.7 Å². The number of aliphatic hydroxyl groups excluding tert-OH is 1. The molecule has 5 atom stereocenters. The zero-order chi connectivity index (χ0) is 14.7. The van der Waals surface area contributed by atoms with Crippen LogP contribution in [0.1, 0.15) is 40.0 Å². The van der Waals surface area contributed by atoms with E-state index in [-0.39, 0.29) is 18.1 Å². The van der Waals surface area contributed by atoms with E-state index in [0.29, 0.717) is 17.0 Å². The molecule has 0 spiro atoms. The minimum absolute atomic E-state index is 0.163. The van der Waals surface area contributed by atoms with Crippen LogP contribution in [-0.2, 0) is 4.79 Å². The fourth-order valence-corrected chi connectivity index (χ4v) is 4.56. The van der Waals surface area contributed by atoms with Gasteiger partial charge in [-0.15, -0.1) is 0 Å². The molecule has 1 heterocycles. The number of amides is 1. The fourth-order valence-electron chi connectivity index (χ4n) is 3.46. The number of nitrogens with zero attached hydrogens (tertiary/aromatic N) is 1. The number of alkyl halides is 1. The van der Waals surface area contributed by atoms with Gasteiger partial charge in [0.15, 0.2) is 5.17 Å². The van der Waals surface area contributed by atoms with Crippen molar-refractivity contribution in [3.63, 3.8) is 0 Å². The maximum atomic E-state index is 14.2. The number of carbonyl (C=O) groups is 1. The lowest BCUT2D eigenvalue weighted by atomic mass is 9.93. The minimum Gasteiger partial charge on any atom is -0.393 e. The fraction of sp³-hybridized carbons (Fsp3) is 0.857. The number of aliphatic hydroxyl groups is 1. The standard InChI is InChI=1S/C14H21FN2O2S/c1-13(2,15)14(3)11(19)17-12(20-14)16-9-5-8-4-7(9)6-10(8)18/h7-10,18H,4-6H2,1-3H3,(H,16,17,19)/t7-,8-,9+,10+,14?/m1/s1. The second kappa shape index (κ2) is 4.44. The number of carbonyl (C=O) groups excluding carboxylic acids is 1. The Morgan fingerprint density at radius 3 is 2.55 bits per heavy atom. The van der Waals surface area contributed by atoms with Gasteiger partial charge in [0.2, 0.25) is 5.91 Å². The van der Waals surface area contributed by atoms with Gasteiger partial charge in [-0.1, -0.05) is 11.8 Å². The van der Waals surface area contributed by atoms with Crippen molar-refractivity contribution in [3.05, 3.63) is 0 Å². The first kappa shape index (κ1) is 14.3. The summed E-state index contributed by atoms with van der Waals surface area (Å²) < 4.78 is 13.1. The molecule has 3 fully saturated rings. The summed E-state index contributed by atoms with van der Waals surface area (Å²) in [6.07, 6.45) is 2.52. The van der Waals surface area contributed by atoms with Gasteiger partial charge in [-0.05, 0) is 51.9 Å². The molecule has 0 aromatic rings. The summed E-state index contributed by atoms with van der Waals surface area (Å²) >= 11 is 1.19. The smallest absolute Gasteiger partial charge is 0.245 e. The molecule has 20 heavy (non-hydrogen) atoms. The van der Waals surface area contributed by atoms with Crippen LogP contribution in [0.5, 0.6) is 0 Å². The van der Waals surface area contributed by atoms with Crippen molar-refractivity contribution in [2.75, 3.05) is 0 Å². The second-order valence-corrected chi connectivity index (χ2v) is 8.27. The average molecular weight is 300 g/mol. The third-order valence-electron chi connectivity index (χ3n) is 5.15. The number of aliphatic imine (C=N–C) groups is 1. The van der Waals surface area contributed by atoms with Crippen molar-refractivity contribution in [1.29, 1.82) is 0 Å². The predicted octanol–water partition coefficient (Wildman–Crippen LogP) is 1.87. The van der Waals surface area contributed by atoms with Crippen molar-refractivity contribution >= 4 is 22.8 Å². The van der Waals surface area contributed by atoms with Crippen LogP contribution in [0.15, 0.2) is 4.99 Å². The van der Waals surface area contributed by atoms with Crippen molar-refractivity contribution in [3.8, 4) is 0 Å². The third kappa shape index (κ3) is 2.08. The summed E-state index contributed by atoms with van der Waals surface area (Å²) in [6, 6.07) is 0.163. The lowest BCUT2D eigenvalue weighted by Crippen LogP contribution is -2.48. The van der Waals surface area contributed by atoms with Gasteiger partial charge in [0.25, 0.3) is 0 Å². The Morgan fingerprint density at radius 1 is 1.40 bits per heavy atom. The van der Waals surface area contributed by atoms with Gasteiger partial charge in [0, 0.05) is 0 Å². The molecule has 4 nitrogen and oxygen atoms in total. The first-order valence-electron chi connectivity index (χ1n) is 7.16. The number of rotatable bonds is 2. The summed E-state index contributed by atoms with van der Waals surface area (Å²) in [5.41, 5.74) is -1.61. The van der Waals surface area contributed by atoms with Crippen LogP contribution in [0, 0.1) is 11.8 Å². The SMILES string of the molecule is CC(C)(F)C1(C)SC(=N[C@H]2C[C@H]3C[C@@H]2C[C@@H]3O)NC1=O. The summed E-state index contributed by atoms with van der Waals surface area (Å²) in [6.45, 7) is 4.48. The molecule has 6 heteroatoms. The zero-order valence-electron chi connectivity index (χ0n) is 12.0. The number of hydrogen-bond donors (Lipinski definition) is 2. The molecule has 3 aliphatic rings. The number of nitrogens with one attached hydrogen (secondary N) is 1. The van der Waals surface area contributed by atoms with Crippen molar-refractivity contribution in [2.45, 2.75) is 62.6 Å². The molecule has 2 saturated carbocycles. The first-order valence-corrected chi connectivity index (χ1v) is 7.97. The molecular formula is C14H21FN2O2S. The van der Waals surface area contributed by atoms with Gasteiger partial charge in [-0.2, -0.15) is 0 Å². The monoisotopic (exact) mass is 300 g/mol. The highest BCUT2D eigenvalue weighted by atomic mass is 32.2. The number of fused-ring (bicyclic) bond motifs is 2. The maximum Gasteiger partial charge on any atom is 0.245 e. The van der Waals surface area contributed by atoms with Gasteiger partial charge in [-0.25, -0.2) is 4.39 Å². The van der Waals surface area contributed by atoms with Crippen LogP contribution in [0.2, 0.25) is 0 Å². The molecule has 2 bridgehead atoms. The Balaban J connectivity index is 1.75. The van der Waals surface area contributed by atoms with E-state index in [1.807, 2.05) is 0 Å². The highest BCUT2D eigenvalue weighted by Gasteiger charge is 2.54. The highest BCUT2D eigenvalue weighted by Crippen LogP contribution is 2.48. The van der Waals surface area contributed by atoms with Gasteiger partial charge >= 0.3 is 0 Å². The van der Waals surface area contributed by atoms with Crippen LogP contribution < -0.4 is 5.32 Å². The van der Waals surface area contributed by atoms with Crippen molar-refractivity contribution in [2.24, 2.45) is 16.8 Å². The summed E-state index contributed by atoms with van der Waals surface area (Å²) in [4.78, 5) is 16.7. The van der Waals surface area contributed by atoms with Gasteiger partial charge in [-0.3, -0.25) is 9.79 Å². The van der Waals surface area contributed by atoms with E-state index >= 15 is 0 Å². The van der Waals surface area contributed by atoms with E-state index in [2.05, 4.69) is 10.3 Å². The lowest BCUT2D eigenvalue weighted by molar-refractivity contribution is -0.124. The Kier molecular flexibility index (Phi) is 3.18. The average Bonchev–Trinajstić information content (AvgIpc) is 2.93. The first-order chi connectivity index (χ1) is 9.20. The molecule has 3 rings (SSSR count). The lowest BCUT2D eigenvalue weighted by Gasteiger charge is -2.30. The molecule has 0 radical (unpaired) electrons. The molecule has 1 aliphatic heterocycles. The topological polar surface area (TPSA) is 61.7 Å². The number of hydrogen-bond acceptors (Lipinski definition) is 4. The van der Waals surface area contributed by atoms with Crippen molar-refractivity contribution < 1.29 is 14.3 Å². The molecule has 0 aromatic heterocycles. The van der Waals surface area contributed by atoms with E-state index in [1.54, 1.807) is 6.92 Å². The molecule has 1 unspecified atom stereocenters. The Labute approximate surface area is 122 Å².